The molecule has 0 aliphatic heterocycles. The SMILES string of the molecule is CCCCOOC(OO)(C(C)(C)C)C(C)(C)OOC(=O)C(CC)CCCC. The quantitative estimate of drug-likeness (QED) is 0.182. The third-order valence-electron chi connectivity index (χ3n) is 4.73. The standard InChI is InChI=1S/C20H40O7/c1-9-12-14-16(11-3)17(21)24-26-19(7,8)20(25-22,18(4,5)6)27-23-15-13-10-2/h16,22H,9-15H2,1-8H3. The summed E-state index contributed by atoms with van der Waals surface area (Å²) in [7, 11) is 0. The van der Waals surface area contributed by atoms with E-state index < -0.39 is 22.8 Å². The van der Waals surface area contributed by atoms with Crippen LogP contribution in [0.5, 0.6) is 0 Å². The molecule has 0 saturated heterocycles. The first-order valence-electron chi connectivity index (χ1n) is 10.1. The van der Waals surface area contributed by atoms with E-state index in [1.54, 1.807) is 34.6 Å². The van der Waals surface area contributed by atoms with Gasteiger partial charge in [0.1, 0.15) is 0 Å². The molecule has 27 heavy (non-hydrogen) atoms. The first-order chi connectivity index (χ1) is 12.5. The monoisotopic (exact) mass is 392 g/mol. The first-order valence-corrected chi connectivity index (χ1v) is 10.1. The van der Waals surface area contributed by atoms with Gasteiger partial charge in [-0.3, -0.25) is 4.89 Å². The molecule has 0 aromatic rings. The molecule has 0 radical (unpaired) electrons. The van der Waals surface area contributed by atoms with Crippen LogP contribution in [0, 0.1) is 11.3 Å². The van der Waals surface area contributed by atoms with Gasteiger partial charge >= 0.3 is 5.97 Å². The zero-order valence-electron chi connectivity index (χ0n) is 18.4. The van der Waals surface area contributed by atoms with Crippen LogP contribution >= 0.6 is 0 Å². The molecule has 0 bridgehead atoms. The average molecular weight is 393 g/mol. The van der Waals surface area contributed by atoms with Gasteiger partial charge in [0.15, 0.2) is 5.60 Å². The van der Waals surface area contributed by atoms with Crippen LogP contribution in [-0.2, 0) is 29.2 Å². The predicted molar refractivity (Wildman–Crippen MR) is 102 cm³/mol. The van der Waals surface area contributed by atoms with Crippen molar-refractivity contribution in [3.8, 4) is 0 Å². The van der Waals surface area contributed by atoms with Gasteiger partial charge < -0.3 is 0 Å². The van der Waals surface area contributed by atoms with Crippen molar-refractivity contribution in [1.29, 1.82) is 0 Å². The van der Waals surface area contributed by atoms with Gasteiger partial charge in [0, 0.05) is 5.41 Å². The van der Waals surface area contributed by atoms with Gasteiger partial charge in [0.25, 0.3) is 5.79 Å². The summed E-state index contributed by atoms with van der Waals surface area (Å²) in [5.74, 6) is -2.40. The molecule has 2 atom stereocenters. The van der Waals surface area contributed by atoms with Crippen LogP contribution in [0.25, 0.3) is 0 Å². The fourth-order valence-corrected chi connectivity index (χ4v) is 2.93. The lowest BCUT2D eigenvalue weighted by Gasteiger charge is -2.47. The van der Waals surface area contributed by atoms with Crippen LogP contribution in [0.4, 0.5) is 0 Å². The Bertz CT molecular complexity index is 417. The normalized spacial score (nSPS) is 16.0. The molecule has 162 valence electrons. The van der Waals surface area contributed by atoms with Gasteiger partial charge in [0.05, 0.1) is 12.5 Å². The molecule has 0 heterocycles. The lowest BCUT2D eigenvalue weighted by atomic mass is 9.76. The smallest absolute Gasteiger partial charge is 0.297 e. The highest BCUT2D eigenvalue weighted by Gasteiger charge is 2.61. The Balaban J connectivity index is 5.24. The molecule has 0 aromatic heterocycles. The van der Waals surface area contributed by atoms with Crippen molar-refractivity contribution >= 4 is 5.97 Å². The van der Waals surface area contributed by atoms with E-state index in [-0.39, 0.29) is 5.92 Å². The van der Waals surface area contributed by atoms with E-state index in [4.69, 9.17) is 24.4 Å². The van der Waals surface area contributed by atoms with E-state index in [1.165, 1.54) is 0 Å². The van der Waals surface area contributed by atoms with Crippen molar-refractivity contribution in [3.05, 3.63) is 0 Å². The molecule has 0 fully saturated rings. The Labute approximate surface area is 164 Å². The number of unbranched alkanes of at least 4 members (excludes halogenated alkanes) is 2. The minimum atomic E-state index is -1.72. The minimum Gasteiger partial charge on any atom is -0.297 e. The maximum atomic E-state index is 12.4. The molecule has 0 amide bonds. The summed E-state index contributed by atoms with van der Waals surface area (Å²) in [6.45, 7) is 15.0. The topological polar surface area (TPSA) is 83.5 Å². The summed E-state index contributed by atoms with van der Waals surface area (Å²) in [4.78, 5) is 38.5. The molecule has 0 rings (SSSR count). The molecule has 7 heteroatoms. The molecule has 0 aliphatic carbocycles. The molecule has 0 spiro atoms. The first kappa shape index (κ1) is 26.3. The van der Waals surface area contributed by atoms with Crippen molar-refractivity contribution in [2.45, 2.75) is 105 Å². The zero-order valence-corrected chi connectivity index (χ0v) is 18.4. The van der Waals surface area contributed by atoms with Crippen LogP contribution in [0.1, 0.15) is 93.9 Å². The minimum absolute atomic E-state index is 0.235. The second-order valence-corrected chi connectivity index (χ2v) is 8.46. The Kier molecular flexibility index (Phi) is 11.6. The molecule has 7 nitrogen and oxygen atoms in total. The summed E-state index contributed by atoms with van der Waals surface area (Å²) in [5, 5.41) is 9.72. The molecule has 1 N–H and O–H groups in total. The van der Waals surface area contributed by atoms with Crippen LogP contribution in [-0.4, -0.2) is 29.2 Å². The maximum absolute atomic E-state index is 12.4. The van der Waals surface area contributed by atoms with Crippen molar-refractivity contribution < 1.29 is 34.5 Å². The van der Waals surface area contributed by atoms with Crippen molar-refractivity contribution in [2.75, 3.05) is 6.61 Å². The Morgan fingerprint density at radius 2 is 1.56 bits per heavy atom. The third kappa shape index (κ3) is 7.31. The molecule has 0 aromatic carbocycles. The predicted octanol–water partition coefficient (Wildman–Crippen LogP) is 5.44. The highest BCUT2D eigenvalue weighted by molar-refractivity contribution is 5.71. The summed E-state index contributed by atoms with van der Waals surface area (Å²) >= 11 is 0. The van der Waals surface area contributed by atoms with E-state index in [0.717, 1.165) is 32.1 Å². The fraction of sp³-hybridized carbons (Fsp3) is 0.950. The molecule has 2 unspecified atom stereocenters. The average Bonchev–Trinajstić information content (AvgIpc) is 2.59. The van der Waals surface area contributed by atoms with E-state index in [1.807, 2.05) is 13.8 Å². The number of hydrogen-bond donors (Lipinski definition) is 1. The van der Waals surface area contributed by atoms with E-state index >= 15 is 0 Å². The van der Waals surface area contributed by atoms with Crippen LogP contribution in [0.3, 0.4) is 0 Å². The second-order valence-electron chi connectivity index (χ2n) is 8.46. The van der Waals surface area contributed by atoms with Crippen molar-refractivity contribution in [2.24, 2.45) is 11.3 Å². The van der Waals surface area contributed by atoms with Gasteiger partial charge in [-0.1, -0.05) is 60.8 Å². The lowest BCUT2D eigenvalue weighted by molar-refractivity contribution is -0.569. The highest BCUT2D eigenvalue weighted by Crippen LogP contribution is 2.45. The lowest BCUT2D eigenvalue weighted by Crippen LogP contribution is -2.63. The van der Waals surface area contributed by atoms with Crippen LogP contribution in [0.2, 0.25) is 0 Å². The van der Waals surface area contributed by atoms with Crippen molar-refractivity contribution in [1.82, 2.24) is 0 Å². The number of carbonyl (C=O) groups excluding carboxylic acids is 1. The summed E-state index contributed by atoms with van der Waals surface area (Å²) < 4.78 is 0. The van der Waals surface area contributed by atoms with Crippen molar-refractivity contribution in [3.63, 3.8) is 0 Å². The van der Waals surface area contributed by atoms with E-state index in [0.29, 0.717) is 13.0 Å². The number of hydrogen-bond acceptors (Lipinski definition) is 7. The summed E-state index contributed by atoms with van der Waals surface area (Å²) in [6, 6.07) is 0. The number of carbonyl (C=O) groups is 1. The third-order valence-corrected chi connectivity index (χ3v) is 4.73. The largest absolute Gasteiger partial charge is 0.345 e. The highest BCUT2D eigenvalue weighted by atomic mass is 17.3. The Morgan fingerprint density at radius 3 is 2.00 bits per heavy atom. The van der Waals surface area contributed by atoms with Gasteiger partial charge in [-0.15, -0.1) is 0 Å². The van der Waals surface area contributed by atoms with E-state index in [9.17, 15) is 10.1 Å². The zero-order chi connectivity index (χ0) is 21.1. The maximum Gasteiger partial charge on any atom is 0.345 e. The van der Waals surface area contributed by atoms with Gasteiger partial charge in [-0.2, -0.15) is 14.7 Å². The van der Waals surface area contributed by atoms with Crippen LogP contribution in [0.15, 0.2) is 0 Å². The second kappa shape index (κ2) is 12.0. The van der Waals surface area contributed by atoms with Crippen LogP contribution < -0.4 is 0 Å². The van der Waals surface area contributed by atoms with Gasteiger partial charge in [-0.05, 0) is 33.1 Å². The van der Waals surface area contributed by atoms with Gasteiger partial charge in [0.2, 0.25) is 0 Å². The Hall–Kier alpha value is -0.730. The van der Waals surface area contributed by atoms with E-state index in [2.05, 4.69) is 6.92 Å². The number of rotatable bonds is 14. The summed E-state index contributed by atoms with van der Waals surface area (Å²) in [5.41, 5.74) is -2.12. The van der Waals surface area contributed by atoms with Gasteiger partial charge in [-0.25, -0.2) is 14.9 Å². The fourth-order valence-electron chi connectivity index (χ4n) is 2.93. The molecule has 0 aliphatic rings. The molecular formula is C20H40O7. The Morgan fingerprint density at radius 1 is 0.963 bits per heavy atom. The summed E-state index contributed by atoms with van der Waals surface area (Å²) in [6.07, 6.45) is 5.08. The molecule has 0 saturated carbocycles. The molecular weight excluding hydrogens is 352 g/mol.